The lowest BCUT2D eigenvalue weighted by Gasteiger charge is -2.26. The fourth-order valence-corrected chi connectivity index (χ4v) is 1.77. The van der Waals surface area contributed by atoms with E-state index in [1.54, 1.807) is 0 Å². The third-order valence-electron chi connectivity index (χ3n) is 2.71. The molecule has 0 aromatic rings. The van der Waals surface area contributed by atoms with E-state index < -0.39 is 18.4 Å². The van der Waals surface area contributed by atoms with Crippen LogP contribution in [0.15, 0.2) is 12.2 Å². The van der Waals surface area contributed by atoms with E-state index in [9.17, 15) is 9.59 Å². The van der Waals surface area contributed by atoms with E-state index in [2.05, 4.69) is 13.5 Å². The van der Waals surface area contributed by atoms with Gasteiger partial charge in [0.1, 0.15) is 6.10 Å². The number of carboxylic acid groups (broad SMARTS) is 1. The Morgan fingerprint density at radius 1 is 1.29 bits per heavy atom. The van der Waals surface area contributed by atoms with Crippen molar-refractivity contribution in [3.63, 3.8) is 0 Å². The molecule has 0 spiro atoms. The molecule has 0 saturated heterocycles. The molecule has 5 heteroatoms. The molecule has 0 aromatic heterocycles. The van der Waals surface area contributed by atoms with Gasteiger partial charge in [-0.2, -0.15) is 0 Å². The van der Waals surface area contributed by atoms with Crippen molar-refractivity contribution in [1.82, 2.24) is 0 Å². The Labute approximate surface area is 127 Å². The second-order valence-electron chi connectivity index (χ2n) is 6.39. The molecule has 1 unspecified atom stereocenters. The van der Waals surface area contributed by atoms with E-state index in [0.29, 0.717) is 19.6 Å². The van der Waals surface area contributed by atoms with Gasteiger partial charge in [-0.05, 0) is 18.3 Å². The molecular weight excluding hydrogens is 272 g/mol. The summed E-state index contributed by atoms with van der Waals surface area (Å²) in [5.41, 5.74) is -0.0670. The average molecular weight is 300 g/mol. The summed E-state index contributed by atoms with van der Waals surface area (Å²) in [4.78, 5) is 22.4. The fraction of sp³-hybridized carbons (Fsp3) is 0.750. The molecule has 0 aliphatic heterocycles. The molecule has 0 fully saturated rings. The summed E-state index contributed by atoms with van der Waals surface area (Å²) in [5, 5.41) is 8.66. The zero-order chi connectivity index (χ0) is 16.5. The van der Waals surface area contributed by atoms with Crippen LogP contribution in [0.4, 0.5) is 0 Å². The standard InChI is InChI=1S/C16H28O5/c1-6-7-8-20-11-13(10-16(3,4)5)21-15(19)12(2)9-14(17)18/h13H,2,6-11H2,1,3-5H3,(H,17,18). The van der Waals surface area contributed by atoms with Crippen molar-refractivity contribution in [2.45, 2.75) is 59.5 Å². The molecule has 0 rings (SSSR count). The number of unbranched alkanes of at least 4 members (excludes halogenated alkanes) is 1. The van der Waals surface area contributed by atoms with E-state index in [-0.39, 0.29) is 17.1 Å². The Morgan fingerprint density at radius 2 is 1.90 bits per heavy atom. The molecule has 5 nitrogen and oxygen atoms in total. The molecule has 0 aromatic carbocycles. The molecule has 1 N–H and O–H groups in total. The molecule has 0 saturated carbocycles. The first-order valence-corrected chi connectivity index (χ1v) is 7.34. The van der Waals surface area contributed by atoms with Crippen LogP contribution in [-0.2, 0) is 19.1 Å². The summed E-state index contributed by atoms with van der Waals surface area (Å²) < 4.78 is 10.9. The normalized spacial score (nSPS) is 12.8. The van der Waals surface area contributed by atoms with E-state index in [1.165, 1.54) is 0 Å². The summed E-state index contributed by atoms with van der Waals surface area (Å²) in [6.45, 7) is 12.6. The topological polar surface area (TPSA) is 72.8 Å². The highest BCUT2D eigenvalue weighted by atomic mass is 16.6. The van der Waals surface area contributed by atoms with Crippen molar-refractivity contribution < 1.29 is 24.2 Å². The van der Waals surface area contributed by atoms with E-state index in [0.717, 1.165) is 12.8 Å². The third kappa shape index (κ3) is 11.0. The first-order valence-electron chi connectivity index (χ1n) is 7.34. The molecule has 0 radical (unpaired) electrons. The monoisotopic (exact) mass is 300 g/mol. The Kier molecular flexibility index (Phi) is 8.93. The minimum absolute atomic E-state index is 0.0206. The van der Waals surface area contributed by atoms with Crippen molar-refractivity contribution in [3.8, 4) is 0 Å². The predicted molar refractivity (Wildman–Crippen MR) is 81.1 cm³/mol. The number of hydrogen-bond acceptors (Lipinski definition) is 4. The molecule has 21 heavy (non-hydrogen) atoms. The van der Waals surface area contributed by atoms with Crippen LogP contribution in [0.2, 0.25) is 0 Å². The van der Waals surface area contributed by atoms with Crippen LogP contribution in [0.25, 0.3) is 0 Å². The quantitative estimate of drug-likeness (QED) is 0.381. The number of aliphatic carboxylic acids is 1. The number of carbonyl (C=O) groups excluding carboxylic acids is 1. The maximum atomic E-state index is 11.8. The Hall–Kier alpha value is -1.36. The van der Waals surface area contributed by atoms with Crippen LogP contribution in [0.3, 0.4) is 0 Å². The lowest BCUT2D eigenvalue weighted by atomic mass is 9.89. The van der Waals surface area contributed by atoms with Gasteiger partial charge in [-0.1, -0.05) is 40.7 Å². The molecule has 0 bridgehead atoms. The van der Waals surface area contributed by atoms with E-state index >= 15 is 0 Å². The number of rotatable bonds is 10. The number of carbonyl (C=O) groups is 2. The van der Waals surface area contributed by atoms with E-state index in [4.69, 9.17) is 14.6 Å². The zero-order valence-corrected chi connectivity index (χ0v) is 13.6. The van der Waals surface area contributed by atoms with Crippen LogP contribution < -0.4 is 0 Å². The van der Waals surface area contributed by atoms with Gasteiger partial charge in [0.25, 0.3) is 0 Å². The van der Waals surface area contributed by atoms with Crippen LogP contribution in [0, 0.1) is 5.41 Å². The predicted octanol–water partition coefficient (Wildman–Crippen LogP) is 3.18. The van der Waals surface area contributed by atoms with Gasteiger partial charge >= 0.3 is 11.9 Å². The minimum atomic E-state index is -1.09. The van der Waals surface area contributed by atoms with Gasteiger partial charge in [0.05, 0.1) is 13.0 Å². The van der Waals surface area contributed by atoms with Crippen molar-refractivity contribution in [1.29, 1.82) is 0 Å². The fourth-order valence-electron chi connectivity index (χ4n) is 1.77. The van der Waals surface area contributed by atoms with E-state index in [1.807, 2.05) is 20.8 Å². The minimum Gasteiger partial charge on any atom is -0.481 e. The van der Waals surface area contributed by atoms with Gasteiger partial charge in [0, 0.05) is 12.2 Å². The summed E-state index contributed by atoms with van der Waals surface area (Å²) >= 11 is 0. The van der Waals surface area contributed by atoms with Crippen molar-refractivity contribution >= 4 is 11.9 Å². The van der Waals surface area contributed by atoms with Crippen LogP contribution in [0.1, 0.15) is 53.4 Å². The van der Waals surface area contributed by atoms with Gasteiger partial charge in [-0.15, -0.1) is 0 Å². The lowest BCUT2D eigenvalue weighted by molar-refractivity contribution is -0.151. The molecule has 1 atom stereocenters. The zero-order valence-electron chi connectivity index (χ0n) is 13.6. The molecular formula is C16H28O5. The maximum absolute atomic E-state index is 11.8. The van der Waals surface area contributed by atoms with Crippen molar-refractivity contribution in [2.75, 3.05) is 13.2 Å². The highest BCUT2D eigenvalue weighted by Crippen LogP contribution is 2.23. The number of ether oxygens (including phenoxy) is 2. The molecule has 0 amide bonds. The van der Waals surface area contributed by atoms with Gasteiger partial charge in [0.15, 0.2) is 0 Å². The van der Waals surface area contributed by atoms with Crippen LogP contribution in [0.5, 0.6) is 0 Å². The second kappa shape index (κ2) is 9.55. The van der Waals surface area contributed by atoms with Gasteiger partial charge in [-0.25, -0.2) is 4.79 Å². The van der Waals surface area contributed by atoms with Crippen LogP contribution >= 0.6 is 0 Å². The van der Waals surface area contributed by atoms with Crippen molar-refractivity contribution in [2.24, 2.45) is 5.41 Å². The average Bonchev–Trinajstić information content (AvgIpc) is 2.31. The summed E-state index contributed by atoms with van der Waals surface area (Å²) in [7, 11) is 0. The molecule has 122 valence electrons. The maximum Gasteiger partial charge on any atom is 0.334 e. The molecule has 0 aliphatic carbocycles. The van der Waals surface area contributed by atoms with Crippen LogP contribution in [-0.4, -0.2) is 36.4 Å². The smallest absolute Gasteiger partial charge is 0.334 e. The first-order chi connectivity index (χ1) is 9.65. The summed E-state index contributed by atoms with van der Waals surface area (Å²) in [6.07, 6.45) is 1.85. The Bertz CT molecular complexity index is 354. The lowest BCUT2D eigenvalue weighted by Crippen LogP contribution is -2.29. The Balaban J connectivity index is 4.47. The number of hydrogen-bond donors (Lipinski definition) is 1. The molecule has 0 heterocycles. The SMILES string of the molecule is C=C(CC(=O)O)C(=O)OC(COCCCC)CC(C)(C)C. The summed E-state index contributed by atoms with van der Waals surface area (Å²) in [5.74, 6) is -1.76. The van der Waals surface area contributed by atoms with Crippen molar-refractivity contribution in [3.05, 3.63) is 12.2 Å². The number of esters is 1. The highest BCUT2D eigenvalue weighted by molar-refractivity contribution is 5.92. The highest BCUT2D eigenvalue weighted by Gasteiger charge is 2.24. The summed E-state index contributed by atoms with van der Waals surface area (Å²) in [6, 6.07) is 0. The second-order valence-corrected chi connectivity index (χ2v) is 6.39. The third-order valence-corrected chi connectivity index (χ3v) is 2.71. The van der Waals surface area contributed by atoms with Gasteiger partial charge < -0.3 is 14.6 Å². The Morgan fingerprint density at radius 3 is 2.38 bits per heavy atom. The van der Waals surface area contributed by atoms with Gasteiger partial charge in [-0.3, -0.25) is 4.79 Å². The van der Waals surface area contributed by atoms with Gasteiger partial charge in [0.2, 0.25) is 0 Å². The number of carboxylic acids is 1. The first kappa shape index (κ1) is 19.6. The molecule has 0 aliphatic rings. The largest absolute Gasteiger partial charge is 0.481 e.